The van der Waals surface area contributed by atoms with Gasteiger partial charge in [-0.2, -0.15) is 13.2 Å². The summed E-state index contributed by atoms with van der Waals surface area (Å²) in [4.78, 5) is 13.1. The minimum absolute atomic E-state index is 0.287. The first kappa shape index (κ1) is 15.5. The molecule has 0 N–H and O–H groups in total. The summed E-state index contributed by atoms with van der Waals surface area (Å²) in [5, 5.41) is 0.507. The fraction of sp³-hybridized carbons (Fsp3) is 0.364. The van der Waals surface area contributed by atoms with Gasteiger partial charge in [0, 0.05) is 23.4 Å². The predicted molar refractivity (Wildman–Crippen MR) is 69.9 cm³/mol. The Balaban J connectivity index is 3.20. The van der Waals surface area contributed by atoms with Gasteiger partial charge in [0.05, 0.1) is 11.1 Å². The van der Waals surface area contributed by atoms with Crippen molar-refractivity contribution in [1.82, 2.24) is 4.90 Å². The molecule has 18 heavy (non-hydrogen) atoms. The van der Waals surface area contributed by atoms with Gasteiger partial charge in [-0.25, -0.2) is 0 Å². The number of hydrogen-bond donors (Lipinski definition) is 0. The van der Waals surface area contributed by atoms with E-state index in [1.165, 1.54) is 24.1 Å². The molecule has 0 aromatic heterocycles. The van der Waals surface area contributed by atoms with Crippen LogP contribution in [0.4, 0.5) is 13.2 Å². The van der Waals surface area contributed by atoms with Gasteiger partial charge in [-0.1, -0.05) is 31.9 Å². The van der Waals surface area contributed by atoms with Crippen LogP contribution in [-0.2, 0) is 6.18 Å². The van der Waals surface area contributed by atoms with Crippen LogP contribution in [-0.4, -0.2) is 29.7 Å². The zero-order chi connectivity index (χ0) is 13.9. The van der Waals surface area contributed by atoms with E-state index in [2.05, 4.69) is 31.9 Å². The molecule has 0 bridgehead atoms. The Hall–Kier alpha value is -0.560. The molecule has 1 rings (SSSR count). The highest BCUT2D eigenvalue weighted by molar-refractivity contribution is 9.10. The molecule has 0 radical (unpaired) electrons. The van der Waals surface area contributed by atoms with Crippen molar-refractivity contribution in [2.45, 2.75) is 6.18 Å². The summed E-state index contributed by atoms with van der Waals surface area (Å²) in [7, 11) is 1.46. The van der Waals surface area contributed by atoms with E-state index in [0.29, 0.717) is 11.9 Å². The molecule has 0 aliphatic carbocycles. The number of rotatable bonds is 3. The average Bonchev–Trinajstić information content (AvgIpc) is 2.27. The van der Waals surface area contributed by atoms with Crippen molar-refractivity contribution in [2.24, 2.45) is 0 Å². The van der Waals surface area contributed by atoms with Crippen molar-refractivity contribution in [1.29, 1.82) is 0 Å². The molecule has 0 saturated heterocycles. The zero-order valence-corrected chi connectivity index (χ0v) is 12.6. The lowest BCUT2D eigenvalue weighted by Gasteiger charge is -2.19. The molecular weight excluding hydrogens is 379 g/mol. The molecule has 0 fully saturated rings. The fourth-order valence-electron chi connectivity index (χ4n) is 1.37. The normalized spacial score (nSPS) is 11.4. The number of amides is 1. The summed E-state index contributed by atoms with van der Waals surface area (Å²) < 4.78 is 38.8. The van der Waals surface area contributed by atoms with Gasteiger partial charge in [0.1, 0.15) is 0 Å². The number of hydrogen-bond acceptors (Lipinski definition) is 1. The number of carbonyl (C=O) groups excluding carboxylic acids is 1. The topological polar surface area (TPSA) is 20.3 Å². The maximum absolute atomic E-state index is 12.8. The van der Waals surface area contributed by atoms with Crippen molar-refractivity contribution in [3.8, 4) is 0 Å². The molecule has 0 spiro atoms. The van der Waals surface area contributed by atoms with Gasteiger partial charge in [0.15, 0.2) is 0 Å². The Morgan fingerprint density at radius 1 is 1.39 bits per heavy atom. The minimum Gasteiger partial charge on any atom is -0.341 e. The van der Waals surface area contributed by atoms with Gasteiger partial charge in [-0.15, -0.1) is 0 Å². The van der Waals surface area contributed by atoms with Crippen LogP contribution in [0.2, 0.25) is 0 Å². The molecule has 0 unspecified atom stereocenters. The quantitative estimate of drug-likeness (QED) is 0.718. The molecule has 7 heteroatoms. The second kappa shape index (κ2) is 6.06. The standard InChI is InChI=1S/C11H10Br2F3NO/c1-17(5-4-12)10(18)8-3-2-7(13)6-9(8)11(14,15)16/h2-3,6H,4-5H2,1H3. The molecule has 0 aliphatic heterocycles. The van der Waals surface area contributed by atoms with Crippen LogP contribution in [0.1, 0.15) is 15.9 Å². The van der Waals surface area contributed by atoms with Gasteiger partial charge >= 0.3 is 6.18 Å². The molecule has 1 aromatic carbocycles. The van der Waals surface area contributed by atoms with E-state index in [4.69, 9.17) is 0 Å². The van der Waals surface area contributed by atoms with Crippen molar-refractivity contribution in [3.63, 3.8) is 0 Å². The van der Waals surface area contributed by atoms with Crippen LogP contribution in [0, 0.1) is 0 Å². The van der Waals surface area contributed by atoms with E-state index in [9.17, 15) is 18.0 Å². The summed E-state index contributed by atoms with van der Waals surface area (Å²) >= 11 is 6.11. The Labute approximate surface area is 119 Å². The van der Waals surface area contributed by atoms with Crippen molar-refractivity contribution in [3.05, 3.63) is 33.8 Å². The maximum Gasteiger partial charge on any atom is 0.417 e. The van der Waals surface area contributed by atoms with Crippen LogP contribution in [0.15, 0.2) is 22.7 Å². The third-order valence-corrected chi connectivity index (χ3v) is 3.13. The van der Waals surface area contributed by atoms with Crippen LogP contribution < -0.4 is 0 Å². The first-order valence-electron chi connectivity index (χ1n) is 4.95. The summed E-state index contributed by atoms with van der Waals surface area (Å²) in [6, 6.07) is 3.51. The molecule has 0 saturated carbocycles. The molecule has 0 atom stereocenters. The number of halogens is 5. The van der Waals surface area contributed by atoms with Gasteiger partial charge in [-0.05, 0) is 18.2 Å². The molecule has 0 aliphatic rings. The number of nitrogens with zero attached hydrogens (tertiary/aromatic N) is 1. The van der Waals surface area contributed by atoms with E-state index in [0.717, 1.165) is 6.07 Å². The molecule has 1 aromatic rings. The maximum atomic E-state index is 12.8. The Morgan fingerprint density at radius 2 is 2.00 bits per heavy atom. The monoisotopic (exact) mass is 387 g/mol. The third kappa shape index (κ3) is 3.71. The first-order valence-corrected chi connectivity index (χ1v) is 6.87. The highest BCUT2D eigenvalue weighted by Gasteiger charge is 2.35. The highest BCUT2D eigenvalue weighted by atomic mass is 79.9. The number of carbonyl (C=O) groups is 1. The molecule has 100 valence electrons. The van der Waals surface area contributed by atoms with Gasteiger partial charge < -0.3 is 4.90 Å². The van der Waals surface area contributed by atoms with Gasteiger partial charge in [0.25, 0.3) is 5.91 Å². The Morgan fingerprint density at radius 3 is 2.50 bits per heavy atom. The minimum atomic E-state index is -4.55. The first-order chi connectivity index (χ1) is 8.27. The highest BCUT2D eigenvalue weighted by Crippen LogP contribution is 2.34. The summed E-state index contributed by atoms with van der Waals surface area (Å²) in [5.41, 5.74) is -1.27. The summed E-state index contributed by atoms with van der Waals surface area (Å²) in [6.07, 6.45) is -4.55. The molecular formula is C11H10Br2F3NO. The van der Waals surface area contributed by atoms with E-state index < -0.39 is 17.6 Å². The molecule has 0 heterocycles. The Bertz CT molecular complexity index is 448. The number of benzene rings is 1. The zero-order valence-electron chi connectivity index (χ0n) is 9.39. The molecule has 1 amide bonds. The summed E-state index contributed by atoms with van der Waals surface area (Å²) in [6.45, 7) is 0.339. The van der Waals surface area contributed by atoms with Gasteiger partial charge in [-0.3, -0.25) is 4.79 Å². The molecule has 2 nitrogen and oxygen atoms in total. The Kier molecular flexibility index (Phi) is 5.21. The largest absolute Gasteiger partial charge is 0.417 e. The lowest BCUT2D eigenvalue weighted by molar-refractivity contribution is -0.138. The van der Waals surface area contributed by atoms with Crippen molar-refractivity contribution in [2.75, 3.05) is 18.9 Å². The smallest absolute Gasteiger partial charge is 0.341 e. The van der Waals surface area contributed by atoms with Crippen molar-refractivity contribution >= 4 is 37.8 Å². The van der Waals surface area contributed by atoms with E-state index in [1.54, 1.807) is 0 Å². The predicted octanol–water partition coefficient (Wildman–Crippen LogP) is 3.93. The van der Waals surface area contributed by atoms with Crippen LogP contribution >= 0.6 is 31.9 Å². The second-order valence-electron chi connectivity index (χ2n) is 3.60. The van der Waals surface area contributed by atoms with Crippen LogP contribution in [0.25, 0.3) is 0 Å². The lowest BCUT2D eigenvalue weighted by atomic mass is 10.1. The van der Waals surface area contributed by atoms with Crippen molar-refractivity contribution < 1.29 is 18.0 Å². The fourth-order valence-corrected chi connectivity index (χ4v) is 2.26. The lowest BCUT2D eigenvalue weighted by Crippen LogP contribution is -2.30. The number of alkyl halides is 4. The van der Waals surface area contributed by atoms with Crippen LogP contribution in [0.3, 0.4) is 0 Å². The second-order valence-corrected chi connectivity index (χ2v) is 5.31. The van der Waals surface area contributed by atoms with E-state index in [-0.39, 0.29) is 10.0 Å². The third-order valence-electron chi connectivity index (χ3n) is 2.28. The SMILES string of the molecule is CN(CCBr)C(=O)c1ccc(Br)cc1C(F)(F)F. The van der Waals surface area contributed by atoms with Crippen LogP contribution in [0.5, 0.6) is 0 Å². The summed E-state index contributed by atoms with van der Waals surface area (Å²) in [5.74, 6) is -0.644. The average molecular weight is 389 g/mol. The van der Waals surface area contributed by atoms with E-state index in [1.807, 2.05) is 0 Å². The van der Waals surface area contributed by atoms with Gasteiger partial charge in [0.2, 0.25) is 0 Å². The van der Waals surface area contributed by atoms with E-state index >= 15 is 0 Å².